The summed E-state index contributed by atoms with van der Waals surface area (Å²) >= 11 is 0. The molecule has 0 bridgehead atoms. The summed E-state index contributed by atoms with van der Waals surface area (Å²) < 4.78 is 5.09. The van der Waals surface area contributed by atoms with Gasteiger partial charge in [0, 0.05) is 13.1 Å². The molecule has 16 heavy (non-hydrogen) atoms. The molecule has 0 saturated carbocycles. The number of nitrogens with zero attached hydrogens (tertiary/aromatic N) is 2. The van der Waals surface area contributed by atoms with Gasteiger partial charge >= 0.3 is 6.09 Å². The van der Waals surface area contributed by atoms with Crippen molar-refractivity contribution in [3.8, 4) is 0 Å². The second-order valence-electron chi connectivity index (χ2n) is 4.59. The second-order valence-corrected chi connectivity index (χ2v) is 4.59. The SMILES string of the molecule is NCC1CN(CCCN2CCCC2)C(=O)O1. The largest absolute Gasteiger partial charge is 0.443 e. The van der Waals surface area contributed by atoms with E-state index in [4.69, 9.17) is 10.5 Å². The molecular formula is C11H21N3O2. The van der Waals surface area contributed by atoms with Crippen LogP contribution in [0.4, 0.5) is 4.79 Å². The van der Waals surface area contributed by atoms with Crippen LogP contribution in [-0.2, 0) is 4.74 Å². The number of carbonyl (C=O) groups is 1. The lowest BCUT2D eigenvalue weighted by molar-refractivity contribution is 0.134. The number of ether oxygens (including phenoxy) is 1. The molecule has 2 saturated heterocycles. The summed E-state index contributed by atoms with van der Waals surface area (Å²) in [5, 5.41) is 0. The Labute approximate surface area is 96.5 Å². The number of rotatable bonds is 5. The third-order valence-electron chi connectivity index (χ3n) is 3.31. The highest BCUT2D eigenvalue weighted by molar-refractivity contribution is 5.69. The molecule has 1 atom stereocenters. The molecule has 2 fully saturated rings. The Morgan fingerprint density at radius 3 is 2.69 bits per heavy atom. The van der Waals surface area contributed by atoms with Crippen LogP contribution in [0.1, 0.15) is 19.3 Å². The predicted octanol–water partition coefficient (Wildman–Crippen LogP) is 0.252. The summed E-state index contributed by atoms with van der Waals surface area (Å²) in [5.74, 6) is 0. The van der Waals surface area contributed by atoms with E-state index in [1.807, 2.05) is 0 Å². The molecule has 0 aromatic carbocycles. The highest BCUT2D eigenvalue weighted by atomic mass is 16.6. The van der Waals surface area contributed by atoms with Crippen molar-refractivity contribution < 1.29 is 9.53 Å². The van der Waals surface area contributed by atoms with E-state index in [9.17, 15) is 4.79 Å². The van der Waals surface area contributed by atoms with Crippen LogP contribution < -0.4 is 5.73 Å². The zero-order valence-electron chi connectivity index (χ0n) is 9.73. The maximum absolute atomic E-state index is 11.4. The number of likely N-dealkylation sites (tertiary alicyclic amines) is 1. The molecule has 2 N–H and O–H groups in total. The van der Waals surface area contributed by atoms with E-state index >= 15 is 0 Å². The molecule has 0 spiro atoms. The van der Waals surface area contributed by atoms with Crippen LogP contribution >= 0.6 is 0 Å². The fraction of sp³-hybridized carbons (Fsp3) is 0.909. The van der Waals surface area contributed by atoms with E-state index in [0.29, 0.717) is 13.1 Å². The Kier molecular flexibility index (Phi) is 4.01. The highest BCUT2D eigenvalue weighted by Crippen LogP contribution is 2.12. The first-order chi connectivity index (χ1) is 7.79. The number of nitrogens with two attached hydrogens (primary N) is 1. The Hall–Kier alpha value is -0.810. The van der Waals surface area contributed by atoms with Crippen molar-refractivity contribution in [3.05, 3.63) is 0 Å². The third kappa shape index (κ3) is 2.86. The molecule has 5 heteroatoms. The molecule has 2 heterocycles. The first-order valence-electron chi connectivity index (χ1n) is 6.17. The summed E-state index contributed by atoms with van der Waals surface area (Å²) in [6, 6.07) is 0. The number of cyclic esters (lactones) is 1. The number of hydrogen-bond acceptors (Lipinski definition) is 4. The first kappa shape index (κ1) is 11.7. The normalized spacial score (nSPS) is 26.4. The maximum atomic E-state index is 11.4. The third-order valence-corrected chi connectivity index (χ3v) is 3.31. The van der Waals surface area contributed by atoms with Crippen molar-refractivity contribution in [2.75, 3.05) is 39.3 Å². The summed E-state index contributed by atoms with van der Waals surface area (Å²) in [5.41, 5.74) is 5.47. The Morgan fingerprint density at radius 2 is 2.06 bits per heavy atom. The van der Waals surface area contributed by atoms with Crippen molar-refractivity contribution in [2.24, 2.45) is 5.73 Å². The van der Waals surface area contributed by atoms with Gasteiger partial charge in [0.2, 0.25) is 0 Å². The van der Waals surface area contributed by atoms with E-state index < -0.39 is 0 Å². The van der Waals surface area contributed by atoms with Crippen LogP contribution in [0.3, 0.4) is 0 Å². The lowest BCUT2D eigenvalue weighted by atomic mass is 10.3. The van der Waals surface area contributed by atoms with E-state index in [1.165, 1.54) is 25.9 Å². The fourth-order valence-electron chi connectivity index (χ4n) is 2.37. The zero-order chi connectivity index (χ0) is 11.4. The molecule has 0 aromatic heterocycles. The smallest absolute Gasteiger partial charge is 0.410 e. The molecule has 92 valence electrons. The van der Waals surface area contributed by atoms with Crippen LogP contribution in [-0.4, -0.2) is 61.3 Å². The average molecular weight is 227 g/mol. The molecule has 2 rings (SSSR count). The van der Waals surface area contributed by atoms with Crippen LogP contribution in [0.2, 0.25) is 0 Å². The monoisotopic (exact) mass is 227 g/mol. The van der Waals surface area contributed by atoms with Crippen molar-refractivity contribution in [1.82, 2.24) is 9.80 Å². The molecule has 2 aliphatic rings. The van der Waals surface area contributed by atoms with Gasteiger partial charge in [-0.3, -0.25) is 0 Å². The Morgan fingerprint density at radius 1 is 1.31 bits per heavy atom. The Bertz CT molecular complexity index is 241. The van der Waals surface area contributed by atoms with E-state index in [0.717, 1.165) is 19.5 Å². The van der Waals surface area contributed by atoms with Gasteiger partial charge in [-0.05, 0) is 38.9 Å². The zero-order valence-corrected chi connectivity index (χ0v) is 9.73. The number of carbonyl (C=O) groups excluding carboxylic acids is 1. The van der Waals surface area contributed by atoms with Gasteiger partial charge in [0.25, 0.3) is 0 Å². The maximum Gasteiger partial charge on any atom is 0.410 e. The number of hydrogen-bond donors (Lipinski definition) is 1. The summed E-state index contributed by atoms with van der Waals surface area (Å²) in [7, 11) is 0. The molecule has 2 aliphatic heterocycles. The fourth-order valence-corrected chi connectivity index (χ4v) is 2.37. The van der Waals surface area contributed by atoms with Gasteiger partial charge in [-0.15, -0.1) is 0 Å². The van der Waals surface area contributed by atoms with Crippen LogP contribution in [0.5, 0.6) is 0 Å². The lowest BCUT2D eigenvalue weighted by Gasteiger charge is -2.17. The van der Waals surface area contributed by atoms with Crippen LogP contribution in [0.25, 0.3) is 0 Å². The van der Waals surface area contributed by atoms with Crippen LogP contribution in [0, 0.1) is 0 Å². The lowest BCUT2D eigenvalue weighted by Crippen LogP contribution is -2.31. The highest BCUT2D eigenvalue weighted by Gasteiger charge is 2.29. The summed E-state index contributed by atoms with van der Waals surface area (Å²) in [6.07, 6.45) is 3.38. The minimum absolute atomic E-state index is 0.0979. The van der Waals surface area contributed by atoms with E-state index in [2.05, 4.69) is 4.90 Å². The van der Waals surface area contributed by atoms with Crippen LogP contribution in [0.15, 0.2) is 0 Å². The first-order valence-corrected chi connectivity index (χ1v) is 6.17. The van der Waals surface area contributed by atoms with Gasteiger partial charge in [-0.2, -0.15) is 0 Å². The van der Waals surface area contributed by atoms with Gasteiger partial charge in [0.1, 0.15) is 6.10 Å². The van der Waals surface area contributed by atoms with Crippen molar-refractivity contribution in [2.45, 2.75) is 25.4 Å². The van der Waals surface area contributed by atoms with Gasteiger partial charge in [-0.25, -0.2) is 4.79 Å². The van der Waals surface area contributed by atoms with Crippen molar-refractivity contribution in [1.29, 1.82) is 0 Å². The van der Waals surface area contributed by atoms with Crippen molar-refractivity contribution in [3.63, 3.8) is 0 Å². The van der Waals surface area contributed by atoms with Gasteiger partial charge in [0.05, 0.1) is 6.54 Å². The van der Waals surface area contributed by atoms with Crippen molar-refractivity contribution >= 4 is 6.09 Å². The van der Waals surface area contributed by atoms with E-state index in [-0.39, 0.29) is 12.2 Å². The van der Waals surface area contributed by atoms with Gasteiger partial charge in [-0.1, -0.05) is 0 Å². The van der Waals surface area contributed by atoms with Gasteiger partial charge in [0.15, 0.2) is 0 Å². The molecule has 1 unspecified atom stereocenters. The summed E-state index contributed by atoms with van der Waals surface area (Å²) in [6.45, 7) is 5.42. The van der Waals surface area contributed by atoms with Gasteiger partial charge < -0.3 is 20.3 Å². The Balaban J connectivity index is 1.64. The molecule has 0 aliphatic carbocycles. The molecule has 5 nitrogen and oxygen atoms in total. The molecule has 0 radical (unpaired) electrons. The topological polar surface area (TPSA) is 58.8 Å². The standard InChI is InChI=1S/C11H21N3O2/c12-8-10-9-14(11(15)16-10)7-3-6-13-4-1-2-5-13/h10H,1-9,12H2. The molecule has 1 amide bonds. The molecule has 0 aromatic rings. The minimum atomic E-state index is -0.197. The minimum Gasteiger partial charge on any atom is -0.443 e. The average Bonchev–Trinajstić information content (AvgIpc) is 2.89. The summed E-state index contributed by atoms with van der Waals surface area (Å²) in [4.78, 5) is 15.6. The second kappa shape index (κ2) is 5.50. The molecular weight excluding hydrogens is 206 g/mol. The number of amides is 1. The van der Waals surface area contributed by atoms with E-state index in [1.54, 1.807) is 4.90 Å². The predicted molar refractivity (Wildman–Crippen MR) is 61.2 cm³/mol. The quantitative estimate of drug-likeness (QED) is 0.731.